The Hall–Kier alpha value is -3.13. The van der Waals surface area contributed by atoms with Crippen LogP contribution in [-0.2, 0) is 4.79 Å². The van der Waals surface area contributed by atoms with Crippen LogP contribution in [-0.4, -0.2) is 34.3 Å². The maximum Gasteiger partial charge on any atom is 0.270 e. The number of hydrogen-bond acceptors (Lipinski definition) is 5. The molecule has 2 aromatic rings. The van der Waals surface area contributed by atoms with Crippen LogP contribution < -0.4 is 5.32 Å². The van der Waals surface area contributed by atoms with Crippen LogP contribution in [0.2, 0.25) is 0 Å². The van der Waals surface area contributed by atoms with E-state index in [4.69, 9.17) is 0 Å². The van der Waals surface area contributed by atoms with Gasteiger partial charge in [-0.15, -0.1) is 0 Å². The quantitative estimate of drug-likeness (QED) is 0.662. The number of nitro benzene ring substituents is 1. The van der Waals surface area contributed by atoms with Gasteiger partial charge in [-0.1, -0.05) is 12.1 Å². The molecule has 2 N–H and O–H groups in total. The van der Waals surface area contributed by atoms with E-state index in [9.17, 15) is 24.4 Å². The Kier molecular flexibility index (Phi) is 4.05. The van der Waals surface area contributed by atoms with Gasteiger partial charge in [-0.25, -0.2) is 4.39 Å². The largest absolute Gasteiger partial charge is 0.394 e. The second-order valence-corrected chi connectivity index (χ2v) is 5.13. The molecule has 1 unspecified atom stereocenters. The number of aliphatic hydroxyl groups excluding tert-OH is 1. The van der Waals surface area contributed by atoms with Crippen LogP contribution in [0.1, 0.15) is 11.1 Å². The van der Waals surface area contributed by atoms with Crippen LogP contribution in [0.15, 0.2) is 47.5 Å². The molecule has 0 saturated heterocycles. The number of anilines is 1. The lowest BCUT2D eigenvalue weighted by Crippen LogP contribution is -2.28. The Morgan fingerprint density at radius 2 is 2.00 bits per heavy atom. The Morgan fingerprint density at radius 3 is 2.67 bits per heavy atom. The summed E-state index contributed by atoms with van der Waals surface area (Å²) < 4.78 is 14.2. The van der Waals surface area contributed by atoms with Gasteiger partial charge in [-0.05, 0) is 18.2 Å². The molecule has 1 atom stereocenters. The molecule has 0 aromatic heterocycles. The number of benzodiazepines with no additional fused rings is 1. The third-order valence-corrected chi connectivity index (χ3v) is 3.62. The maximum atomic E-state index is 14.2. The predicted molar refractivity (Wildman–Crippen MR) is 84.6 cm³/mol. The molecule has 0 fully saturated rings. The lowest BCUT2D eigenvalue weighted by molar-refractivity contribution is -0.384. The van der Waals surface area contributed by atoms with Gasteiger partial charge in [0.1, 0.15) is 5.82 Å². The van der Waals surface area contributed by atoms with Crippen LogP contribution in [0, 0.1) is 15.9 Å². The van der Waals surface area contributed by atoms with Crippen LogP contribution in [0.3, 0.4) is 0 Å². The average molecular weight is 329 g/mol. The summed E-state index contributed by atoms with van der Waals surface area (Å²) >= 11 is 0. The molecule has 0 radical (unpaired) electrons. The third-order valence-electron chi connectivity index (χ3n) is 3.62. The highest BCUT2D eigenvalue weighted by Crippen LogP contribution is 2.28. The molecule has 0 saturated carbocycles. The fraction of sp³-hybridized carbons (Fsp3) is 0.125. The summed E-state index contributed by atoms with van der Waals surface area (Å²) in [7, 11) is 0. The molecule has 1 amide bonds. The number of non-ortho nitro benzene ring substituents is 1. The molecule has 0 aliphatic carbocycles. The number of nitro groups is 1. The van der Waals surface area contributed by atoms with Crippen LogP contribution in [0.25, 0.3) is 0 Å². The van der Waals surface area contributed by atoms with Gasteiger partial charge in [0, 0.05) is 23.3 Å². The number of benzene rings is 2. The number of nitrogens with zero attached hydrogens (tertiary/aromatic N) is 2. The minimum Gasteiger partial charge on any atom is -0.394 e. The second-order valence-electron chi connectivity index (χ2n) is 5.13. The van der Waals surface area contributed by atoms with Crippen molar-refractivity contribution in [2.75, 3.05) is 11.9 Å². The molecule has 0 bridgehead atoms. The SMILES string of the molecule is O=C1Nc2ccc([N+](=O)[O-])cc2C(c2ccccc2F)=NC1CO. The number of rotatable bonds is 3. The number of aliphatic imine (C=N–C) groups is 1. The van der Waals surface area contributed by atoms with E-state index >= 15 is 0 Å². The van der Waals surface area contributed by atoms with E-state index in [2.05, 4.69) is 10.3 Å². The summed E-state index contributed by atoms with van der Waals surface area (Å²) in [5.74, 6) is -1.15. The van der Waals surface area contributed by atoms with Gasteiger partial charge in [-0.2, -0.15) is 0 Å². The summed E-state index contributed by atoms with van der Waals surface area (Å²) in [6, 6.07) is 8.46. The normalized spacial score (nSPS) is 16.7. The second kappa shape index (κ2) is 6.17. The van der Waals surface area contributed by atoms with E-state index in [-0.39, 0.29) is 28.2 Å². The number of hydrogen-bond donors (Lipinski definition) is 2. The molecular formula is C16H12FN3O4. The Morgan fingerprint density at radius 1 is 1.25 bits per heavy atom. The standard InChI is InChI=1S/C16H12FN3O4/c17-12-4-2-1-3-10(12)15-11-7-9(20(23)24)5-6-13(11)19-16(22)14(8-21)18-15/h1-7,14,21H,8H2,(H,19,22). The number of carbonyl (C=O) groups excluding carboxylic acids is 1. The molecule has 2 aromatic carbocycles. The van der Waals surface area contributed by atoms with E-state index in [1.165, 1.54) is 36.4 Å². The lowest BCUT2D eigenvalue weighted by atomic mass is 9.99. The van der Waals surface area contributed by atoms with Gasteiger partial charge >= 0.3 is 0 Å². The molecule has 122 valence electrons. The monoisotopic (exact) mass is 329 g/mol. The summed E-state index contributed by atoms with van der Waals surface area (Å²) in [6.07, 6.45) is 0. The van der Waals surface area contributed by atoms with Gasteiger partial charge in [-0.3, -0.25) is 19.9 Å². The van der Waals surface area contributed by atoms with Crippen molar-refractivity contribution < 1.29 is 19.2 Å². The van der Waals surface area contributed by atoms with Gasteiger partial charge in [0.05, 0.1) is 22.9 Å². The van der Waals surface area contributed by atoms with E-state index < -0.39 is 29.3 Å². The molecule has 1 heterocycles. The first-order valence-electron chi connectivity index (χ1n) is 7.04. The van der Waals surface area contributed by atoms with Crippen LogP contribution in [0.4, 0.5) is 15.8 Å². The van der Waals surface area contributed by atoms with Crippen molar-refractivity contribution in [1.29, 1.82) is 0 Å². The summed E-state index contributed by atoms with van der Waals surface area (Å²) in [5, 5.41) is 23.0. The fourth-order valence-electron chi connectivity index (χ4n) is 2.44. The molecule has 1 aliphatic heterocycles. The summed E-state index contributed by atoms with van der Waals surface area (Å²) in [5.41, 5.74) is 0.440. The Labute approximate surface area is 135 Å². The van der Waals surface area contributed by atoms with Crippen molar-refractivity contribution in [2.45, 2.75) is 6.04 Å². The van der Waals surface area contributed by atoms with Gasteiger partial charge in [0.2, 0.25) is 0 Å². The zero-order valence-electron chi connectivity index (χ0n) is 12.3. The number of nitrogens with one attached hydrogen (secondary N) is 1. The van der Waals surface area contributed by atoms with Crippen molar-refractivity contribution in [2.24, 2.45) is 4.99 Å². The zero-order valence-corrected chi connectivity index (χ0v) is 12.3. The van der Waals surface area contributed by atoms with Crippen molar-refractivity contribution in [3.8, 4) is 0 Å². The Bertz CT molecular complexity index is 866. The molecular weight excluding hydrogens is 317 g/mol. The van der Waals surface area contributed by atoms with Crippen LogP contribution >= 0.6 is 0 Å². The van der Waals surface area contributed by atoms with Gasteiger partial charge in [0.25, 0.3) is 11.6 Å². The van der Waals surface area contributed by atoms with E-state index in [0.29, 0.717) is 0 Å². The van der Waals surface area contributed by atoms with E-state index in [1.54, 1.807) is 6.07 Å². The maximum absolute atomic E-state index is 14.2. The molecule has 24 heavy (non-hydrogen) atoms. The highest BCUT2D eigenvalue weighted by atomic mass is 19.1. The number of aliphatic hydroxyl groups is 1. The van der Waals surface area contributed by atoms with E-state index in [0.717, 1.165) is 0 Å². The minimum absolute atomic E-state index is 0.0733. The molecule has 1 aliphatic rings. The first-order valence-corrected chi connectivity index (χ1v) is 7.04. The van der Waals surface area contributed by atoms with Crippen LogP contribution in [0.5, 0.6) is 0 Å². The molecule has 8 heteroatoms. The number of carbonyl (C=O) groups is 1. The van der Waals surface area contributed by atoms with Gasteiger partial charge < -0.3 is 10.4 Å². The smallest absolute Gasteiger partial charge is 0.270 e. The van der Waals surface area contributed by atoms with Crippen molar-refractivity contribution in [3.63, 3.8) is 0 Å². The number of amides is 1. The minimum atomic E-state index is -1.13. The Balaban J connectivity index is 2.27. The number of halogens is 1. The fourth-order valence-corrected chi connectivity index (χ4v) is 2.44. The zero-order chi connectivity index (χ0) is 17.3. The lowest BCUT2D eigenvalue weighted by Gasteiger charge is -2.10. The summed E-state index contributed by atoms with van der Waals surface area (Å²) in [4.78, 5) is 26.7. The first-order chi connectivity index (χ1) is 11.5. The molecule has 0 spiro atoms. The summed E-state index contributed by atoms with van der Waals surface area (Å²) in [6.45, 7) is -0.570. The van der Waals surface area contributed by atoms with E-state index in [1.807, 2.05) is 0 Å². The predicted octanol–water partition coefficient (Wildman–Crippen LogP) is 1.88. The highest BCUT2D eigenvalue weighted by molar-refractivity contribution is 6.20. The molecule has 3 rings (SSSR count). The third kappa shape index (κ3) is 2.74. The van der Waals surface area contributed by atoms with Crippen molar-refractivity contribution in [1.82, 2.24) is 0 Å². The first kappa shape index (κ1) is 15.8. The molecule has 7 nitrogen and oxygen atoms in total. The van der Waals surface area contributed by atoms with Gasteiger partial charge in [0.15, 0.2) is 6.04 Å². The topological polar surface area (TPSA) is 105 Å². The number of fused-ring (bicyclic) bond motifs is 1. The van der Waals surface area contributed by atoms with Crippen molar-refractivity contribution >= 4 is 23.0 Å². The van der Waals surface area contributed by atoms with Crippen molar-refractivity contribution in [3.05, 3.63) is 69.5 Å². The average Bonchev–Trinajstić information content (AvgIpc) is 2.70. The highest BCUT2D eigenvalue weighted by Gasteiger charge is 2.27.